The average molecular weight is 316 g/mol. The van der Waals surface area contributed by atoms with Gasteiger partial charge in [0.05, 0.1) is 13.2 Å². The molecule has 1 spiro atoms. The van der Waals surface area contributed by atoms with Crippen LogP contribution in [-0.4, -0.2) is 64.1 Å². The summed E-state index contributed by atoms with van der Waals surface area (Å²) in [7, 11) is -1.29. The van der Waals surface area contributed by atoms with Gasteiger partial charge in [0.2, 0.25) is 0 Å². The van der Waals surface area contributed by atoms with Crippen molar-refractivity contribution >= 4 is 21.4 Å². The maximum Gasteiger partial charge on any atom is 0.252 e. The van der Waals surface area contributed by atoms with Crippen LogP contribution in [0.2, 0.25) is 0 Å². The van der Waals surface area contributed by atoms with Crippen molar-refractivity contribution in [3.05, 3.63) is 17.5 Å². The van der Waals surface area contributed by atoms with Crippen molar-refractivity contribution in [1.29, 1.82) is 0 Å². The van der Waals surface area contributed by atoms with E-state index in [-0.39, 0.29) is 5.41 Å². The average Bonchev–Trinajstić information content (AvgIpc) is 2.99. The minimum Gasteiger partial charge on any atom is -0.379 e. The third-order valence-corrected chi connectivity index (χ3v) is 7.34. The number of rotatable bonds is 2. The fraction of sp³-hybridized carbons (Fsp3) is 0.692. The van der Waals surface area contributed by atoms with E-state index in [2.05, 4.69) is 11.9 Å². The molecule has 2 fully saturated rings. The van der Waals surface area contributed by atoms with Crippen LogP contribution >= 0.6 is 11.3 Å². The quantitative estimate of drug-likeness (QED) is 0.819. The molecule has 2 saturated heterocycles. The van der Waals surface area contributed by atoms with Crippen molar-refractivity contribution in [2.24, 2.45) is 5.41 Å². The molecular weight excluding hydrogens is 296 g/mol. The fourth-order valence-electron chi connectivity index (χ4n) is 3.10. The first-order chi connectivity index (χ1) is 9.52. The van der Waals surface area contributed by atoms with Crippen molar-refractivity contribution < 1.29 is 13.2 Å². The first-order valence-corrected chi connectivity index (χ1v) is 9.14. The zero-order chi connectivity index (χ0) is 14.2. The smallest absolute Gasteiger partial charge is 0.252 e. The number of likely N-dealkylation sites (tertiary alicyclic amines) is 1. The number of ether oxygens (including phenoxy) is 1. The van der Waals surface area contributed by atoms with E-state index in [0.29, 0.717) is 30.5 Å². The fourth-order valence-corrected chi connectivity index (χ4v) is 5.78. The van der Waals surface area contributed by atoms with Gasteiger partial charge < -0.3 is 9.64 Å². The zero-order valence-electron chi connectivity index (χ0n) is 11.6. The number of hydrogen-bond donors (Lipinski definition) is 0. The summed E-state index contributed by atoms with van der Waals surface area (Å²) in [6.07, 6.45) is 1.000. The van der Waals surface area contributed by atoms with Crippen LogP contribution < -0.4 is 0 Å². The SMILES string of the molecule is CN1CCC2(COCCN(S(=O)(=O)c3cccs3)C2)C1. The molecule has 0 N–H and O–H groups in total. The molecule has 7 heteroatoms. The number of nitrogens with zero attached hydrogens (tertiary/aromatic N) is 2. The first-order valence-electron chi connectivity index (χ1n) is 6.82. The maximum absolute atomic E-state index is 12.7. The van der Waals surface area contributed by atoms with Gasteiger partial charge in [0.25, 0.3) is 10.0 Å². The lowest BCUT2D eigenvalue weighted by Gasteiger charge is -2.30. The molecule has 3 rings (SSSR count). The molecule has 1 aromatic heterocycles. The van der Waals surface area contributed by atoms with Crippen molar-refractivity contribution in [1.82, 2.24) is 9.21 Å². The lowest BCUT2D eigenvalue weighted by Crippen LogP contribution is -2.42. The molecule has 20 heavy (non-hydrogen) atoms. The van der Waals surface area contributed by atoms with Gasteiger partial charge in [0.1, 0.15) is 4.21 Å². The van der Waals surface area contributed by atoms with Gasteiger partial charge in [-0.05, 0) is 31.5 Å². The lowest BCUT2D eigenvalue weighted by molar-refractivity contribution is 0.0744. The molecule has 1 aromatic rings. The summed E-state index contributed by atoms with van der Waals surface area (Å²) in [5, 5.41) is 1.81. The molecule has 1 unspecified atom stereocenters. The van der Waals surface area contributed by atoms with Crippen molar-refractivity contribution in [2.75, 3.05) is 46.4 Å². The first kappa shape index (κ1) is 14.5. The second-order valence-corrected chi connectivity index (χ2v) is 8.92. The molecule has 0 bridgehead atoms. The van der Waals surface area contributed by atoms with E-state index in [1.807, 2.05) is 0 Å². The summed E-state index contributed by atoms with van der Waals surface area (Å²) in [5.74, 6) is 0. The van der Waals surface area contributed by atoms with E-state index >= 15 is 0 Å². The number of sulfonamides is 1. The maximum atomic E-state index is 12.7. The predicted octanol–water partition coefficient (Wildman–Crippen LogP) is 1.09. The highest BCUT2D eigenvalue weighted by Crippen LogP contribution is 2.34. The van der Waals surface area contributed by atoms with Crippen LogP contribution in [-0.2, 0) is 14.8 Å². The standard InChI is InChI=1S/C13H20N2O3S2/c1-14-5-4-13(9-14)10-15(6-7-18-11-13)20(16,17)12-3-2-8-19-12/h2-3,8H,4-7,9-11H2,1H3. The summed E-state index contributed by atoms with van der Waals surface area (Å²) >= 11 is 1.28. The normalized spacial score (nSPS) is 29.9. The molecule has 0 saturated carbocycles. The monoisotopic (exact) mass is 316 g/mol. The highest BCUT2D eigenvalue weighted by atomic mass is 32.2. The Morgan fingerprint density at radius 2 is 2.20 bits per heavy atom. The summed E-state index contributed by atoms with van der Waals surface area (Å²) in [5.41, 5.74) is -0.0461. The largest absolute Gasteiger partial charge is 0.379 e. The Hall–Kier alpha value is -0.470. The molecule has 1 atom stereocenters. The van der Waals surface area contributed by atoms with Crippen LogP contribution in [0.25, 0.3) is 0 Å². The van der Waals surface area contributed by atoms with E-state index in [1.54, 1.807) is 21.8 Å². The van der Waals surface area contributed by atoms with Gasteiger partial charge in [-0.2, -0.15) is 4.31 Å². The van der Waals surface area contributed by atoms with Gasteiger partial charge >= 0.3 is 0 Å². The van der Waals surface area contributed by atoms with Crippen LogP contribution in [0, 0.1) is 5.41 Å². The molecule has 3 heterocycles. The van der Waals surface area contributed by atoms with Crippen molar-refractivity contribution in [3.63, 3.8) is 0 Å². The van der Waals surface area contributed by atoms with E-state index in [9.17, 15) is 8.42 Å². The van der Waals surface area contributed by atoms with Crippen LogP contribution in [0.1, 0.15) is 6.42 Å². The lowest BCUT2D eigenvalue weighted by atomic mass is 9.88. The summed E-state index contributed by atoms with van der Waals surface area (Å²) in [4.78, 5) is 2.25. The molecule has 2 aliphatic rings. The predicted molar refractivity (Wildman–Crippen MR) is 78.4 cm³/mol. The molecule has 0 aliphatic carbocycles. The molecule has 5 nitrogen and oxygen atoms in total. The Kier molecular flexibility index (Phi) is 3.89. The highest BCUT2D eigenvalue weighted by molar-refractivity contribution is 7.91. The third-order valence-electron chi connectivity index (χ3n) is 4.12. The highest BCUT2D eigenvalue weighted by Gasteiger charge is 2.43. The van der Waals surface area contributed by atoms with Gasteiger partial charge in [-0.1, -0.05) is 6.07 Å². The van der Waals surface area contributed by atoms with E-state index in [4.69, 9.17) is 4.74 Å². The van der Waals surface area contributed by atoms with Crippen molar-refractivity contribution in [2.45, 2.75) is 10.6 Å². The number of thiophene rings is 1. The van der Waals surface area contributed by atoms with E-state index in [1.165, 1.54) is 11.3 Å². The molecule has 112 valence electrons. The Morgan fingerprint density at radius 3 is 2.85 bits per heavy atom. The Balaban J connectivity index is 1.86. The van der Waals surface area contributed by atoms with Crippen LogP contribution in [0.3, 0.4) is 0 Å². The second kappa shape index (κ2) is 5.38. The van der Waals surface area contributed by atoms with Gasteiger partial charge in [-0.3, -0.25) is 0 Å². The van der Waals surface area contributed by atoms with E-state index in [0.717, 1.165) is 19.5 Å². The Morgan fingerprint density at radius 1 is 1.35 bits per heavy atom. The van der Waals surface area contributed by atoms with Gasteiger partial charge in [0.15, 0.2) is 0 Å². The second-order valence-electron chi connectivity index (χ2n) is 5.81. The third kappa shape index (κ3) is 2.65. The summed E-state index contributed by atoms with van der Waals surface area (Å²) in [6.45, 7) is 4.08. The molecule has 0 aromatic carbocycles. The molecular formula is C13H20N2O3S2. The minimum absolute atomic E-state index is 0.0461. The summed E-state index contributed by atoms with van der Waals surface area (Å²) in [6, 6.07) is 3.46. The number of hydrogen-bond acceptors (Lipinski definition) is 5. The zero-order valence-corrected chi connectivity index (χ0v) is 13.3. The molecule has 2 aliphatic heterocycles. The summed E-state index contributed by atoms with van der Waals surface area (Å²) < 4.78 is 33.1. The van der Waals surface area contributed by atoms with Gasteiger partial charge in [-0.25, -0.2) is 8.42 Å². The van der Waals surface area contributed by atoms with Gasteiger partial charge in [-0.15, -0.1) is 11.3 Å². The van der Waals surface area contributed by atoms with E-state index < -0.39 is 10.0 Å². The van der Waals surface area contributed by atoms with Gasteiger partial charge in [0, 0.05) is 25.0 Å². The van der Waals surface area contributed by atoms with Crippen molar-refractivity contribution in [3.8, 4) is 0 Å². The minimum atomic E-state index is -3.37. The Labute approximate surface area is 124 Å². The van der Waals surface area contributed by atoms with Crippen LogP contribution in [0.4, 0.5) is 0 Å². The topological polar surface area (TPSA) is 49.9 Å². The molecule has 0 radical (unpaired) electrons. The molecule has 0 amide bonds. The van der Waals surface area contributed by atoms with Crippen LogP contribution in [0.15, 0.2) is 21.7 Å². The Bertz CT molecular complexity index is 558. The van der Waals surface area contributed by atoms with Crippen LogP contribution in [0.5, 0.6) is 0 Å².